The van der Waals surface area contributed by atoms with E-state index in [0.29, 0.717) is 0 Å². The lowest BCUT2D eigenvalue weighted by molar-refractivity contribution is 0.122. The summed E-state index contributed by atoms with van der Waals surface area (Å²) in [6, 6.07) is 9.41. The van der Waals surface area contributed by atoms with Crippen molar-refractivity contribution in [2.75, 3.05) is 66.0 Å². The molecule has 148 valence electrons. The van der Waals surface area contributed by atoms with Crippen LogP contribution in [0.4, 0.5) is 22.7 Å². The van der Waals surface area contributed by atoms with E-state index >= 15 is 0 Å². The molecule has 2 aromatic rings. The van der Waals surface area contributed by atoms with E-state index in [2.05, 4.69) is 65.0 Å². The second-order valence-corrected chi connectivity index (χ2v) is 10.0. The Morgan fingerprint density at radius 1 is 0.786 bits per heavy atom. The van der Waals surface area contributed by atoms with Gasteiger partial charge in [0.25, 0.3) is 0 Å². The highest BCUT2D eigenvalue weighted by Gasteiger charge is 2.23. The van der Waals surface area contributed by atoms with Crippen LogP contribution in [-0.4, -0.2) is 50.9 Å². The zero-order valence-electron chi connectivity index (χ0n) is 16.6. The molecule has 4 nitrogen and oxygen atoms in total. The Morgan fingerprint density at radius 2 is 1.32 bits per heavy atom. The maximum absolute atomic E-state index is 5.53. The number of hydrogen-bond acceptors (Lipinski definition) is 6. The Morgan fingerprint density at radius 3 is 1.89 bits per heavy atom. The molecule has 0 amide bonds. The molecule has 0 aliphatic carbocycles. The molecule has 28 heavy (non-hydrogen) atoms. The maximum atomic E-state index is 5.53. The number of nitrogens with one attached hydrogen (secondary N) is 1. The Balaban J connectivity index is 1.48. The first-order valence-electron chi connectivity index (χ1n) is 10.1. The summed E-state index contributed by atoms with van der Waals surface area (Å²) in [4.78, 5) is 7.66. The van der Waals surface area contributed by atoms with E-state index in [0.717, 1.165) is 39.4 Å². The second kappa shape index (κ2) is 7.73. The number of anilines is 4. The number of hydrogen-bond donors (Lipinski definition) is 1. The van der Waals surface area contributed by atoms with Crippen LogP contribution < -0.4 is 15.1 Å². The van der Waals surface area contributed by atoms with Gasteiger partial charge in [0.2, 0.25) is 0 Å². The van der Waals surface area contributed by atoms with E-state index < -0.39 is 0 Å². The van der Waals surface area contributed by atoms with Gasteiger partial charge >= 0.3 is 0 Å². The van der Waals surface area contributed by atoms with Crippen LogP contribution in [-0.2, 0) is 4.74 Å². The first-order chi connectivity index (χ1) is 13.7. The van der Waals surface area contributed by atoms with Crippen LogP contribution in [0.25, 0.3) is 0 Å². The van der Waals surface area contributed by atoms with Crippen LogP contribution >= 0.6 is 23.5 Å². The number of thioether (sulfide) groups is 1. The summed E-state index contributed by atoms with van der Waals surface area (Å²) in [5, 5.41) is 3.75. The topological polar surface area (TPSA) is 27.7 Å². The van der Waals surface area contributed by atoms with Gasteiger partial charge in [0.1, 0.15) is 0 Å². The number of morpholine rings is 1. The average molecular weight is 414 g/mol. The molecule has 3 heterocycles. The molecule has 0 atom stereocenters. The third kappa shape index (κ3) is 3.46. The molecular weight excluding hydrogens is 386 g/mol. The van der Waals surface area contributed by atoms with Crippen molar-refractivity contribution in [1.29, 1.82) is 0 Å². The molecule has 0 radical (unpaired) electrons. The molecule has 3 aliphatic heterocycles. The molecular formula is C22H27N3OS2. The van der Waals surface area contributed by atoms with E-state index in [9.17, 15) is 0 Å². The van der Waals surface area contributed by atoms with Crippen LogP contribution in [0, 0.1) is 13.8 Å². The SMILES string of the molecule is Cc1cc(N2CCOCC2)cc2c1Nc1c(C)cc(N3CCSCC3)cc1S2. The molecule has 0 bridgehead atoms. The second-order valence-electron chi connectivity index (χ2n) is 7.70. The predicted octanol–water partition coefficient (Wildman–Crippen LogP) is 4.90. The van der Waals surface area contributed by atoms with E-state index in [1.54, 1.807) is 0 Å². The minimum atomic E-state index is 0.820. The number of aryl methyl sites for hydroxylation is 2. The Labute approximate surface area is 176 Å². The summed E-state index contributed by atoms with van der Waals surface area (Å²) in [7, 11) is 0. The highest BCUT2D eigenvalue weighted by Crippen LogP contribution is 2.49. The summed E-state index contributed by atoms with van der Waals surface area (Å²) in [6.45, 7) is 10.3. The maximum Gasteiger partial charge on any atom is 0.0642 e. The molecule has 2 saturated heterocycles. The first kappa shape index (κ1) is 18.5. The molecule has 6 heteroatoms. The standard InChI is InChI=1S/C22H27N3OS2/c1-15-11-17(24-3-7-26-8-4-24)13-19-21(15)23-22-16(2)12-18(14-20(22)28-19)25-5-9-27-10-6-25/h11-14,23H,3-10H2,1-2H3. The van der Waals surface area contributed by atoms with Crippen molar-refractivity contribution in [3.05, 3.63) is 35.4 Å². The molecule has 2 fully saturated rings. The summed E-state index contributed by atoms with van der Waals surface area (Å²) in [6.07, 6.45) is 0. The predicted molar refractivity (Wildman–Crippen MR) is 122 cm³/mol. The zero-order chi connectivity index (χ0) is 19.1. The summed E-state index contributed by atoms with van der Waals surface area (Å²) >= 11 is 3.98. The van der Waals surface area contributed by atoms with Crippen LogP contribution in [0.5, 0.6) is 0 Å². The molecule has 3 aliphatic rings. The third-order valence-electron chi connectivity index (χ3n) is 5.79. The fraction of sp³-hybridized carbons (Fsp3) is 0.455. The summed E-state index contributed by atoms with van der Waals surface area (Å²) in [5.41, 5.74) is 7.87. The molecule has 1 N–H and O–H groups in total. The van der Waals surface area contributed by atoms with E-state index in [1.165, 1.54) is 55.2 Å². The van der Waals surface area contributed by atoms with Gasteiger partial charge < -0.3 is 19.9 Å². The summed E-state index contributed by atoms with van der Waals surface area (Å²) in [5.74, 6) is 2.46. The van der Waals surface area contributed by atoms with Gasteiger partial charge in [0.15, 0.2) is 0 Å². The van der Waals surface area contributed by atoms with Gasteiger partial charge in [-0.1, -0.05) is 11.8 Å². The largest absolute Gasteiger partial charge is 0.378 e. The van der Waals surface area contributed by atoms with E-state index in [-0.39, 0.29) is 0 Å². The van der Waals surface area contributed by atoms with Crippen molar-refractivity contribution in [3.8, 4) is 0 Å². The lowest BCUT2D eigenvalue weighted by Gasteiger charge is -2.33. The van der Waals surface area contributed by atoms with Gasteiger partial charge in [-0.05, 0) is 49.2 Å². The smallest absolute Gasteiger partial charge is 0.0642 e. The normalized spacial score (nSPS) is 19.1. The highest BCUT2D eigenvalue weighted by molar-refractivity contribution is 7.99. The van der Waals surface area contributed by atoms with Crippen molar-refractivity contribution in [1.82, 2.24) is 0 Å². The Kier molecular flexibility index (Phi) is 5.11. The Hall–Kier alpha value is -1.50. The first-order valence-corrected chi connectivity index (χ1v) is 12.1. The van der Waals surface area contributed by atoms with Crippen molar-refractivity contribution in [3.63, 3.8) is 0 Å². The molecule has 2 aromatic carbocycles. The van der Waals surface area contributed by atoms with Crippen LogP contribution in [0.2, 0.25) is 0 Å². The van der Waals surface area contributed by atoms with Gasteiger partial charge in [-0.25, -0.2) is 0 Å². The highest BCUT2D eigenvalue weighted by atomic mass is 32.2. The minimum Gasteiger partial charge on any atom is -0.378 e. The molecule has 5 rings (SSSR count). The monoisotopic (exact) mass is 413 g/mol. The van der Waals surface area contributed by atoms with Crippen molar-refractivity contribution in [2.45, 2.75) is 23.6 Å². The number of fused-ring (bicyclic) bond motifs is 2. The fourth-order valence-electron chi connectivity index (χ4n) is 4.21. The molecule has 0 saturated carbocycles. The molecule has 0 unspecified atom stereocenters. The molecule has 0 aromatic heterocycles. The Bertz CT molecular complexity index is 818. The van der Waals surface area contributed by atoms with Gasteiger partial charge in [-0.3, -0.25) is 0 Å². The summed E-state index contributed by atoms with van der Waals surface area (Å²) < 4.78 is 5.53. The van der Waals surface area contributed by atoms with Gasteiger partial charge in [0.05, 0.1) is 24.6 Å². The van der Waals surface area contributed by atoms with Crippen LogP contribution in [0.3, 0.4) is 0 Å². The van der Waals surface area contributed by atoms with Gasteiger partial charge in [-0.15, -0.1) is 0 Å². The number of ether oxygens (including phenoxy) is 1. The zero-order valence-corrected chi connectivity index (χ0v) is 18.2. The lowest BCUT2D eigenvalue weighted by atomic mass is 10.1. The van der Waals surface area contributed by atoms with Crippen molar-refractivity contribution in [2.24, 2.45) is 0 Å². The average Bonchev–Trinajstić information content (AvgIpc) is 2.74. The van der Waals surface area contributed by atoms with E-state index in [1.807, 2.05) is 11.8 Å². The van der Waals surface area contributed by atoms with Gasteiger partial charge in [0, 0.05) is 58.9 Å². The fourth-order valence-corrected chi connectivity index (χ4v) is 6.33. The van der Waals surface area contributed by atoms with Gasteiger partial charge in [-0.2, -0.15) is 11.8 Å². The third-order valence-corrected chi connectivity index (χ3v) is 7.82. The lowest BCUT2D eigenvalue weighted by Crippen LogP contribution is -2.36. The number of nitrogens with zero attached hydrogens (tertiary/aromatic N) is 2. The van der Waals surface area contributed by atoms with E-state index in [4.69, 9.17) is 4.74 Å². The molecule has 0 spiro atoms. The van der Waals surface area contributed by atoms with Crippen LogP contribution in [0.15, 0.2) is 34.1 Å². The van der Waals surface area contributed by atoms with Crippen LogP contribution in [0.1, 0.15) is 11.1 Å². The quantitative estimate of drug-likeness (QED) is 0.642. The van der Waals surface area contributed by atoms with Crippen molar-refractivity contribution < 1.29 is 4.74 Å². The van der Waals surface area contributed by atoms with Crippen molar-refractivity contribution >= 4 is 46.3 Å². The minimum absolute atomic E-state index is 0.820. The number of rotatable bonds is 2. The number of benzene rings is 2.